The van der Waals surface area contributed by atoms with Gasteiger partial charge in [0.25, 0.3) is 11.8 Å². The Kier molecular flexibility index (Phi) is 8.78. The number of benzene rings is 1. The van der Waals surface area contributed by atoms with Crippen LogP contribution in [0.2, 0.25) is 0 Å². The third-order valence-electron chi connectivity index (χ3n) is 3.73. The highest BCUT2D eigenvalue weighted by Gasteiger charge is 2.35. The summed E-state index contributed by atoms with van der Waals surface area (Å²) in [5, 5.41) is 3.09. The Labute approximate surface area is 149 Å². The van der Waals surface area contributed by atoms with Gasteiger partial charge in [0.1, 0.15) is 5.83 Å². The van der Waals surface area contributed by atoms with E-state index in [1.54, 1.807) is 30.3 Å². The molecule has 2 amide bonds. The van der Waals surface area contributed by atoms with Crippen LogP contribution in [0.15, 0.2) is 48.3 Å². The van der Waals surface area contributed by atoms with E-state index in [4.69, 9.17) is 0 Å². The summed E-state index contributed by atoms with van der Waals surface area (Å²) in [7, 11) is 0. The first kappa shape index (κ1) is 20.8. The van der Waals surface area contributed by atoms with Crippen molar-refractivity contribution in [1.29, 1.82) is 0 Å². The van der Waals surface area contributed by atoms with Crippen molar-refractivity contribution in [3.05, 3.63) is 59.4 Å². The first-order valence-corrected chi connectivity index (χ1v) is 8.69. The average Bonchev–Trinajstić information content (AvgIpc) is 2.90. The van der Waals surface area contributed by atoms with Crippen LogP contribution in [0, 0.1) is 0 Å². The summed E-state index contributed by atoms with van der Waals surface area (Å²) in [5.41, 5.74) is 1.38. The average molecular weight is 346 g/mol. The van der Waals surface area contributed by atoms with Crippen LogP contribution in [-0.4, -0.2) is 36.3 Å². The first-order chi connectivity index (χ1) is 12.1. The summed E-state index contributed by atoms with van der Waals surface area (Å²) < 4.78 is 14.2. The van der Waals surface area contributed by atoms with Gasteiger partial charge in [-0.3, -0.25) is 14.5 Å². The smallest absolute Gasteiger partial charge is 0.261 e. The van der Waals surface area contributed by atoms with Crippen molar-refractivity contribution < 1.29 is 14.0 Å². The Bertz CT molecular complexity index is 610. The summed E-state index contributed by atoms with van der Waals surface area (Å²) in [5.74, 6) is -1.19. The maximum absolute atomic E-state index is 14.2. The van der Waals surface area contributed by atoms with Crippen LogP contribution in [-0.2, 0) is 0 Å². The van der Waals surface area contributed by atoms with Crippen LogP contribution >= 0.6 is 0 Å². The van der Waals surface area contributed by atoms with Crippen molar-refractivity contribution in [2.75, 3.05) is 19.6 Å². The topological polar surface area (TPSA) is 49.4 Å². The highest BCUT2D eigenvalue weighted by Crippen LogP contribution is 2.25. The van der Waals surface area contributed by atoms with Gasteiger partial charge in [0.15, 0.2) is 0 Å². The van der Waals surface area contributed by atoms with Gasteiger partial charge in [0, 0.05) is 6.54 Å². The first-order valence-electron chi connectivity index (χ1n) is 8.69. The second kappa shape index (κ2) is 10.6. The summed E-state index contributed by atoms with van der Waals surface area (Å²) in [6.45, 7) is 10.4. The molecule has 0 atom stereocenters. The lowest BCUT2D eigenvalue weighted by atomic mass is 10.1. The number of amides is 2. The maximum atomic E-state index is 14.2. The van der Waals surface area contributed by atoms with Crippen molar-refractivity contribution in [3.63, 3.8) is 0 Å². The van der Waals surface area contributed by atoms with Gasteiger partial charge in [0.2, 0.25) is 0 Å². The molecule has 2 aliphatic heterocycles. The Morgan fingerprint density at radius 2 is 1.76 bits per heavy atom. The van der Waals surface area contributed by atoms with Crippen molar-refractivity contribution in [1.82, 2.24) is 10.2 Å². The third-order valence-corrected chi connectivity index (χ3v) is 3.73. The van der Waals surface area contributed by atoms with Crippen LogP contribution in [0.5, 0.6) is 0 Å². The van der Waals surface area contributed by atoms with E-state index in [9.17, 15) is 14.0 Å². The standard InChI is InChI=1S/C15H15FN2O2.C3H6.C2H6/c16-13(10-4-3-7-17-8-10)9-18-14(19)11-5-1-2-6-12(11)15(18)20;1-3-2;1-2/h1-2,5-6,17H,3-4,7-9H2;3H,1H2,2H3;1-2H3/b13-10-;;. The number of hydrogen-bond donors (Lipinski definition) is 1. The number of nitrogens with one attached hydrogen (secondary N) is 1. The molecule has 4 nitrogen and oxygen atoms in total. The van der Waals surface area contributed by atoms with E-state index in [2.05, 4.69) is 11.9 Å². The van der Waals surface area contributed by atoms with E-state index in [1.165, 1.54) is 0 Å². The van der Waals surface area contributed by atoms with Crippen LogP contribution in [0.25, 0.3) is 0 Å². The predicted octanol–water partition coefficient (Wildman–Crippen LogP) is 4.11. The van der Waals surface area contributed by atoms with Crippen LogP contribution in [0.1, 0.15) is 54.3 Å². The minimum Gasteiger partial charge on any atom is -0.313 e. The molecule has 0 aromatic heterocycles. The lowest BCUT2D eigenvalue weighted by Crippen LogP contribution is -2.32. The monoisotopic (exact) mass is 346 g/mol. The molecule has 0 bridgehead atoms. The molecule has 0 aliphatic carbocycles. The number of nitrogens with zero attached hydrogens (tertiary/aromatic N) is 1. The van der Waals surface area contributed by atoms with E-state index < -0.39 is 11.8 Å². The number of fused-ring (bicyclic) bond motifs is 1. The molecule has 1 aromatic carbocycles. The molecule has 25 heavy (non-hydrogen) atoms. The highest BCUT2D eigenvalue weighted by molar-refractivity contribution is 6.21. The van der Waals surface area contributed by atoms with E-state index in [-0.39, 0.29) is 12.4 Å². The van der Waals surface area contributed by atoms with E-state index in [1.807, 2.05) is 20.8 Å². The predicted molar refractivity (Wildman–Crippen MR) is 99.3 cm³/mol. The van der Waals surface area contributed by atoms with Gasteiger partial charge in [-0.05, 0) is 44.0 Å². The van der Waals surface area contributed by atoms with Gasteiger partial charge >= 0.3 is 0 Å². The molecule has 1 fully saturated rings. The van der Waals surface area contributed by atoms with Gasteiger partial charge in [-0.25, -0.2) is 4.39 Å². The molecule has 1 N–H and O–H groups in total. The Hall–Kier alpha value is -2.27. The van der Waals surface area contributed by atoms with Crippen molar-refractivity contribution in [3.8, 4) is 0 Å². The van der Waals surface area contributed by atoms with E-state index >= 15 is 0 Å². The molecule has 1 aromatic rings. The lowest BCUT2D eigenvalue weighted by Gasteiger charge is -2.19. The number of carbonyl (C=O) groups is 2. The number of halogens is 1. The number of carbonyl (C=O) groups excluding carboxylic acids is 2. The van der Waals surface area contributed by atoms with E-state index in [0.717, 1.165) is 17.9 Å². The van der Waals surface area contributed by atoms with Gasteiger partial charge < -0.3 is 5.32 Å². The van der Waals surface area contributed by atoms with Crippen molar-refractivity contribution in [2.45, 2.75) is 33.6 Å². The van der Waals surface area contributed by atoms with Crippen LogP contribution in [0.3, 0.4) is 0 Å². The van der Waals surface area contributed by atoms with Gasteiger partial charge in [-0.2, -0.15) is 0 Å². The molecule has 1 saturated heterocycles. The molecule has 0 saturated carbocycles. The Morgan fingerprint density at radius 1 is 1.24 bits per heavy atom. The number of imide groups is 1. The molecule has 2 heterocycles. The molecule has 5 heteroatoms. The van der Waals surface area contributed by atoms with Gasteiger partial charge in [0.05, 0.1) is 17.7 Å². The number of rotatable bonds is 2. The number of hydrogen-bond acceptors (Lipinski definition) is 3. The zero-order chi connectivity index (χ0) is 18.8. The molecule has 3 rings (SSSR count). The molecular weight excluding hydrogens is 319 g/mol. The van der Waals surface area contributed by atoms with Crippen molar-refractivity contribution >= 4 is 11.8 Å². The maximum Gasteiger partial charge on any atom is 0.261 e. The van der Waals surface area contributed by atoms with Gasteiger partial charge in [-0.1, -0.05) is 32.1 Å². The Balaban J connectivity index is 0.000000567. The Morgan fingerprint density at radius 3 is 2.20 bits per heavy atom. The lowest BCUT2D eigenvalue weighted by molar-refractivity contribution is 0.0659. The second-order valence-electron chi connectivity index (χ2n) is 5.44. The highest BCUT2D eigenvalue weighted by atomic mass is 19.1. The number of piperidine rings is 1. The normalized spacial score (nSPS) is 17.7. The number of allylic oxidation sites excluding steroid dienone is 1. The molecule has 0 radical (unpaired) electrons. The molecule has 0 spiro atoms. The minimum absolute atomic E-state index is 0.261. The second-order valence-corrected chi connectivity index (χ2v) is 5.44. The summed E-state index contributed by atoms with van der Waals surface area (Å²) in [6, 6.07) is 6.60. The fraction of sp³-hybridized carbons (Fsp3) is 0.400. The quantitative estimate of drug-likeness (QED) is 0.648. The molecular formula is C20H27FN2O2. The molecule has 136 valence electrons. The van der Waals surface area contributed by atoms with E-state index in [0.29, 0.717) is 29.7 Å². The summed E-state index contributed by atoms with van der Waals surface area (Å²) >= 11 is 0. The molecule has 0 unspecified atom stereocenters. The van der Waals surface area contributed by atoms with Crippen molar-refractivity contribution in [2.24, 2.45) is 0 Å². The largest absolute Gasteiger partial charge is 0.313 e. The molecule has 2 aliphatic rings. The third kappa shape index (κ3) is 5.10. The zero-order valence-electron chi connectivity index (χ0n) is 15.3. The SMILES string of the molecule is C=CC.CC.O=C1c2ccccc2C(=O)N1C/C(F)=C1\CCCNC1. The summed E-state index contributed by atoms with van der Waals surface area (Å²) in [6.07, 6.45) is 3.31. The zero-order valence-corrected chi connectivity index (χ0v) is 15.3. The van der Waals surface area contributed by atoms with Crippen LogP contribution < -0.4 is 5.32 Å². The van der Waals surface area contributed by atoms with Gasteiger partial charge in [-0.15, -0.1) is 6.58 Å². The van der Waals surface area contributed by atoms with Crippen LogP contribution in [0.4, 0.5) is 4.39 Å². The summed E-state index contributed by atoms with van der Waals surface area (Å²) in [4.78, 5) is 25.2. The fourth-order valence-corrected chi connectivity index (χ4v) is 2.62. The minimum atomic E-state index is -0.412. The fourth-order valence-electron chi connectivity index (χ4n) is 2.62.